The summed E-state index contributed by atoms with van der Waals surface area (Å²) in [6.45, 7) is 2.67. The summed E-state index contributed by atoms with van der Waals surface area (Å²) in [4.78, 5) is 8.57. The van der Waals surface area contributed by atoms with Gasteiger partial charge in [-0.1, -0.05) is 13.3 Å². The number of methoxy groups -OCH3 is 1. The predicted octanol–water partition coefficient (Wildman–Crippen LogP) is 2.59. The first-order valence-electron chi connectivity index (χ1n) is 7.10. The van der Waals surface area contributed by atoms with E-state index in [0.29, 0.717) is 24.3 Å². The van der Waals surface area contributed by atoms with Crippen molar-refractivity contribution >= 4 is 11.6 Å². The number of anilines is 2. The molecule has 1 saturated carbocycles. The Morgan fingerprint density at radius 3 is 2.68 bits per heavy atom. The Morgan fingerprint density at radius 1 is 1.32 bits per heavy atom. The highest BCUT2D eigenvalue weighted by Crippen LogP contribution is 2.28. The number of rotatable bonds is 5. The van der Waals surface area contributed by atoms with Crippen molar-refractivity contribution in [3.05, 3.63) is 11.9 Å². The highest BCUT2D eigenvalue weighted by molar-refractivity contribution is 5.45. The Balaban J connectivity index is 1.95. The zero-order valence-electron chi connectivity index (χ0n) is 11.9. The van der Waals surface area contributed by atoms with Crippen LogP contribution in [-0.2, 0) is 11.3 Å². The van der Waals surface area contributed by atoms with Gasteiger partial charge in [-0.15, -0.1) is 0 Å². The van der Waals surface area contributed by atoms with Crippen molar-refractivity contribution in [2.24, 2.45) is 5.92 Å². The Kier molecular flexibility index (Phi) is 4.96. The molecule has 5 heteroatoms. The van der Waals surface area contributed by atoms with E-state index in [1.54, 1.807) is 13.2 Å². The molecule has 2 rings (SSSR count). The molecule has 0 aromatic carbocycles. The Labute approximate surface area is 115 Å². The molecule has 0 spiro atoms. The van der Waals surface area contributed by atoms with Crippen molar-refractivity contribution in [2.45, 2.75) is 51.7 Å². The molecule has 1 aliphatic rings. The second kappa shape index (κ2) is 6.70. The lowest BCUT2D eigenvalue weighted by Crippen LogP contribution is -2.26. The molecule has 3 N–H and O–H groups in total. The van der Waals surface area contributed by atoms with Gasteiger partial charge >= 0.3 is 0 Å². The molecule has 1 aromatic heterocycles. The SMILES string of the molecule is CCC1CCC(Nc2cc(N)nc(COC)n2)CC1. The van der Waals surface area contributed by atoms with Crippen LogP contribution in [0.3, 0.4) is 0 Å². The quantitative estimate of drug-likeness (QED) is 0.855. The van der Waals surface area contributed by atoms with E-state index in [2.05, 4.69) is 22.2 Å². The lowest BCUT2D eigenvalue weighted by atomic mass is 9.84. The Morgan fingerprint density at radius 2 is 2.05 bits per heavy atom. The molecule has 1 fully saturated rings. The number of aromatic nitrogens is 2. The lowest BCUT2D eigenvalue weighted by Gasteiger charge is -2.28. The number of nitrogen functional groups attached to an aromatic ring is 1. The summed E-state index contributed by atoms with van der Waals surface area (Å²) >= 11 is 0. The van der Waals surface area contributed by atoms with Gasteiger partial charge in [-0.05, 0) is 31.6 Å². The molecule has 19 heavy (non-hydrogen) atoms. The minimum atomic E-state index is 0.391. The zero-order chi connectivity index (χ0) is 13.7. The zero-order valence-corrected chi connectivity index (χ0v) is 11.9. The highest BCUT2D eigenvalue weighted by Gasteiger charge is 2.20. The van der Waals surface area contributed by atoms with Crippen LogP contribution in [0.2, 0.25) is 0 Å². The second-order valence-corrected chi connectivity index (χ2v) is 5.30. The number of hydrogen-bond acceptors (Lipinski definition) is 5. The molecule has 0 aliphatic heterocycles. The minimum absolute atomic E-state index is 0.391. The van der Waals surface area contributed by atoms with Crippen molar-refractivity contribution in [2.75, 3.05) is 18.2 Å². The third-order valence-corrected chi connectivity index (χ3v) is 3.84. The molecule has 1 aliphatic carbocycles. The van der Waals surface area contributed by atoms with Crippen LogP contribution in [0.1, 0.15) is 44.9 Å². The monoisotopic (exact) mass is 264 g/mol. The lowest BCUT2D eigenvalue weighted by molar-refractivity contribution is 0.178. The van der Waals surface area contributed by atoms with Gasteiger partial charge in [0.25, 0.3) is 0 Å². The third kappa shape index (κ3) is 4.06. The largest absolute Gasteiger partial charge is 0.384 e. The summed E-state index contributed by atoms with van der Waals surface area (Å²) < 4.78 is 5.05. The molecule has 0 amide bonds. The van der Waals surface area contributed by atoms with E-state index in [1.165, 1.54) is 32.1 Å². The van der Waals surface area contributed by atoms with E-state index in [9.17, 15) is 0 Å². The van der Waals surface area contributed by atoms with Gasteiger partial charge in [0, 0.05) is 19.2 Å². The van der Waals surface area contributed by atoms with Gasteiger partial charge in [-0.2, -0.15) is 0 Å². The van der Waals surface area contributed by atoms with Crippen LogP contribution in [0.25, 0.3) is 0 Å². The van der Waals surface area contributed by atoms with Crippen molar-refractivity contribution < 1.29 is 4.74 Å². The maximum Gasteiger partial charge on any atom is 0.158 e. The first-order valence-corrected chi connectivity index (χ1v) is 7.10. The fourth-order valence-electron chi connectivity index (χ4n) is 2.71. The van der Waals surface area contributed by atoms with E-state index in [-0.39, 0.29) is 0 Å². The molecule has 0 unspecified atom stereocenters. The van der Waals surface area contributed by atoms with Gasteiger partial charge in [0.15, 0.2) is 5.82 Å². The number of ether oxygens (including phenoxy) is 1. The van der Waals surface area contributed by atoms with Crippen molar-refractivity contribution in [3.8, 4) is 0 Å². The van der Waals surface area contributed by atoms with Crippen LogP contribution < -0.4 is 11.1 Å². The van der Waals surface area contributed by atoms with Crippen LogP contribution in [0.4, 0.5) is 11.6 Å². The summed E-state index contributed by atoms with van der Waals surface area (Å²) in [5.41, 5.74) is 5.79. The Hall–Kier alpha value is -1.36. The maximum atomic E-state index is 5.79. The number of nitrogens with two attached hydrogens (primary N) is 1. The molecular weight excluding hydrogens is 240 g/mol. The van der Waals surface area contributed by atoms with Crippen LogP contribution in [0.5, 0.6) is 0 Å². The van der Waals surface area contributed by atoms with Crippen LogP contribution >= 0.6 is 0 Å². The summed E-state index contributed by atoms with van der Waals surface area (Å²) in [5.74, 6) is 2.84. The van der Waals surface area contributed by atoms with Crippen molar-refractivity contribution in [1.82, 2.24) is 9.97 Å². The molecule has 0 radical (unpaired) electrons. The van der Waals surface area contributed by atoms with E-state index >= 15 is 0 Å². The topological polar surface area (TPSA) is 73.1 Å². The molecule has 106 valence electrons. The van der Waals surface area contributed by atoms with E-state index < -0.39 is 0 Å². The van der Waals surface area contributed by atoms with Gasteiger partial charge in [0.1, 0.15) is 18.2 Å². The fraction of sp³-hybridized carbons (Fsp3) is 0.714. The van der Waals surface area contributed by atoms with E-state index in [0.717, 1.165) is 11.7 Å². The summed E-state index contributed by atoms with van der Waals surface area (Å²) in [6.07, 6.45) is 6.33. The third-order valence-electron chi connectivity index (χ3n) is 3.84. The number of hydrogen-bond donors (Lipinski definition) is 2. The van der Waals surface area contributed by atoms with Gasteiger partial charge in [-0.3, -0.25) is 0 Å². The maximum absolute atomic E-state index is 5.79. The average Bonchev–Trinajstić information content (AvgIpc) is 2.39. The molecule has 1 heterocycles. The number of nitrogens with zero attached hydrogens (tertiary/aromatic N) is 2. The Bertz CT molecular complexity index is 402. The minimum Gasteiger partial charge on any atom is -0.384 e. The average molecular weight is 264 g/mol. The molecule has 5 nitrogen and oxygen atoms in total. The summed E-state index contributed by atoms with van der Waals surface area (Å²) in [5, 5.41) is 3.48. The van der Waals surface area contributed by atoms with Crippen LogP contribution in [-0.4, -0.2) is 23.1 Å². The molecular formula is C14H24N4O. The van der Waals surface area contributed by atoms with Crippen molar-refractivity contribution in [1.29, 1.82) is 0 Å². The summed E-state index contributed by atoms with van der Waals surface area (Å²) in [6, 6.07) is 2.30. The molecule has 0 saturated heterocycles. The second-order valence-electron chi connectivity index (χ2n) is 5.30. The number of nitrogens with one attached hydrogen (secondary N) is 1. The molecule has 0 bridgehead atoms. The van der Waals surface area contributed by atoms with Gasteiger partial charge < -0.3 is 15.8 Å². The standard InChI is InChI=1S/C14H24N4O/c1-3-10-4-6-11(7-5-10)16-13-8-12(15)17-14(18-13)9-19-2/h8,10-11H,3-7,9H2,1-2H3,(H3,15,16,17,18). The molecule has 1 aromatic rings. The van der Waals surface area contributed by atoms with Gasteiger partial charge in [0.05, 0.1) is 0 Å². The smallest absolute Gasteiger partial charge is 0.158 e. The first-order chi connectivity index (χ1) is 9.21. The van der Waals surface area contributed by atoms with Crippen LogP contribution in [0.15, 0.2) is 6.07 Å². The van der Waals surface area contributed by atoms with E-state index in [1.807, 2.05) is 0 Å². The van der Waals surface area contributed by atoms with Gasteiger partial charge in [-0.25, -0.2) is 9.97 Å². The predicted molar refractivity (Wildman–Crippen MR) is 76.8 cm³/mol. The normalized spacial score (nSPS) is 23.3. The first kappa shape index (κ1) is 14.1. The van der Waals surface area contributed by atoms with Gasteiger partial charge in [0.2, 0.25) is 0 Å². The van der Waals surface area contributed by atoms with Crippen molar-refractivity contribution in [3.63, 3.8) is 0 Å². The summed E-state index contributed by atoms with van der Waals surface area (Å²) in [7, 11) is 1.63. The molecule has 0 atom stereocenters. The van der Waals surface area contributed by atoms with Crippen LogP contribution in [0, 0.1) is 5.92 Å². The fourth-order valence-corrected chi connectivity index (χ4v) is 2.71. The van der Waals surface area contributed by atoms with E-state index in [4.69, 9.17) is 10.5 Å². The highest BCUT2D eigenvalue weighted by atomic mass is 16.5.